The van der Waals surface area contributed by atoms with Gasteiger partial charge in [0, 0.05) is 18.4 Å². The van der Waals surface area contributed by atoms with E-state index in [-0.39, 0.29) is 6.04 Å². The molecular formula is C18H27N3. The smallest absolute Gasteiger partial charge is 0.123 e. The van der Waals surface area contributed by atoms with Crippen molar-refractivity contribution in [2.75, 3.05) is 0 Å². The zero-order chi connectivity index (χ0) is 15.2. The SMILES string of the molecule is CCC(NC(C)c1ccc(CC(C)C)cc1)c1ncc[nH]1. The Kier molecular flexibility index (Phi) is 5.57. The summed E-state index contributed by atoms with van der Waals surface area (Å²) < 4.78 is 0. The van der Waals surface area contributed by atoms with Gasteiger partial charge < -0.3 is 10.3 Å². The second-order valence-electron chi connectivity index (χ2n) is 6.16. The molecule has 114 valence electrons. The molecule has 0 aliphatic heterocycles. The van der Waals surface area contributed by atoms with Gasteiger partial charge in [0.1, 0.15) is 5.82 Å². The summed E-state index contributed by atoms with van der Waals surface area (Å²) in [4.78, 5) is 7.56. The quantitative estimate of drug-likeness (QED) is 0.791. The maximum absolute atomic E-state index is 4.36. The Bertz CT molecular complexity index is 514. The second-order valence-corrected chi connectivity index (χ2v) is 6.16. The number of hydrogen-bond acceptors (Lipinski definition) is 2. The summed E-state index contributed by atoms with van der Waals surface area (Å²) in [6, 6.07) is 9.57. The number of aromatic amines is 1. The topological polar surface area (TPSA) is 40.7 Å². The summed E-state index contributed by atoms with van der Waals surface area (Å²) in [6.07, 6.45) is 5.85. The molecule has 0 bridgehead atoms. The normalized spacial score (nSPS) is 14.3. The fourth-order valence-electron chi connectivity index (χ4n) is 2.67. The minimum Gasteiger partial charge on any atom is -0.347 e. The molecule has 1 aromatic heterocycles. The standard InChI is InChI=1S/C18H27N3/c1-5-17(18-19-10-11-20-18)21-14(4)16-8-6-15(7-9-16)12-13(2)3/h6-11,13-14,17,21H,5,12H2,1-4H3,(H,19,20). The molecule has 0 fully saturated rings. The highest BCUT2D eigenvalue weighted by atomic mass is 15.0. The molecular weight excluding hydrogens is 258 g/mol. The lowest BCUT2D eigenvalue weighted by Crippen LogP contribution is -2.25. The van der Waals surface area contributed by atoms with E-state index in [1.165, 1.54) is 11.1 Å². The first-order valence-electron chi connectivity index (χ1n) is 7.94. The zero-order valence-electron chi connectivity index (χ0n) is 13.6. The van der Waals surface area contributed by atoms with Crippen LogP contribution >= 0.6 is 0 Å². The van der Waals surface area contributed by atoms with Gasteiger partial charge in [0.25, 0.3) is 0 Å². The van der Waals surface area contributed by atoms with Crippen molar-refractivity contribution in [3.8, 4) is 0 Å². The Hall–Kier alpha value is -1.61. The van der Waals surface area contributed by atoms with Gasteiger partial charge in [-0.15, -0.1) is 0 Å². The molecule has 1 heterocycles. The summed E-state index contributed by atoms with van der Waals surface area (Å²) in [5, 5.41) is 3.65. The van der Waals surface area contributed by atoms with Crippen LogP contribution in [0, 0.1) is 5.92 Å². The second kappa shape index (κ2) is 7.41. The summed E-state index contributed by atoms with van der Waals surface area (Å²) in [7, 11) is 0. The molecule has 3 nitrogen and oxygen atoms in total. The van der Waals surface area contributed by atoms with Crippen molar-refractivity contribution < 1.29 is 0 Å². The van der Waals surface area contributed by atoms with Gasteiger partial charge in [0.15, 0.2) is 0 Å². The third kappa shape index (κ3) is 4.43. The van der Waals surface area contributed by atoms with Crippen LogP contribution < -0.4 is 5.32 Å². The Labute approximate surface area is 128 Å². The molecule has 2 rings (SSSR count). The number of H-pyrrole nitrogens is 1. The van der Waals surface area contributed by atoms with Crippen molar-refractivity contribution in [2.45, 2.75) is 52.6 Å². The van der Waals surface area contributed by atoms with Crippen LogP contribution in [0.3, 0.4) is 0 Å². The van der Waals surface area contributed by atoms with Crippen LogP contribution in [0.15, 0.2) is 36.7 Å². The van der Waals surface area contributed by atoms with Crippen molar-refractivity contribution in [2.24, 2.45) is 5.92 Å². The fraction of sp³-hybridized carbons (Fsp3) is 0.500. The first-order chi connectivity index (χ1) is 10.1. The van der Waals surface area contributed by atoms with Crippen LogP contribution in [0.5, 0.6) is 0 Å². The Morgan fingerprint density at radius 3 is 2.38 bits per heavy atom. The molecule has 2 aromatic rings. The van der Waals surface area contributed by atoms with Crippen molar-refractivity contribution in [3.63, 3.8) is 0 Å². The Morgan fingerprint density at radius 2 is 1.86 bits per heavy atom. The molecule has 0 aliphatic carbocycles. The Balaban J connectivity index is 2.00. The first kappa shape index (κ1) is 15.8. The monoisotopic (exact) mass is 285 g/mol. The van der Waals surface area contributed by atoms with Crippen LogP contribution in [0.4, 0.5) is 0 Å². The third-order valence-corrected chi connectivity index (χ3v) is 3.83. The average Bonchev–Trinajstić information content (AvgIpc) is 2.98. The number of imidazole rings is 1. The third-order valence-electron chi connectivity index (χ3n) is 3.83. The maximum Gasteiger partial charge on any atom is 0.123 e. The van der Waals surface area contributed by atoms with Gasteiger partial charge in [-0.1, -0.05) is 45.0 Å². The van der Waals surface area contributed by atoms with Gasteiger partial charge in [-0.25, -0.2) is 4.98 Å². The number of nitrogens with zero attached hydrogens (tertiary/aromatic N) is 1. The molecule has 0 aliphatic rings. The highest BCUT2D eigenvalue weighted by Crippen LogP contribution is 2.20. The molecule has 1 aromatic carbocycles. The molecule has 3 heteroatoms. The number of hydrogen-bond donors (Lipinski definition) is 2. The average molecular weight is 285 g/mol. The predicted octanol–water partition coefficient (Wildman–Crippen LogP) is 4.41. The summed E-state index contributed by atoms with van der Waals surface area (Å²) >= 11 is 0. The zero-order valence-corrected chi connectivity index (χ0v) is 13.6. The van der Waals surface area contributed by atoms with Gasteiger partial charge in [-0.3, -0.25) is 0 Å². The molecule has 0 spiro atoms. The van der Waals surface area contributed by atoms with Gasteiger partial charge >= 0.3 is 0 Å². The van der Waals surface area contributed by atoms with Crippen LogP contribution in [0.25, 0.3) is 0 Å². The molecule has 2 atom stereocenters. The number of rotatable bonds is 7. The van der Waals surface area contributed by atoms with Crippen LogP contribution in [-0.2, 0) is 6.42 Å². The van der Waals surface area contributed by atoms with E-state index in [0.29, 0.717) is 12.0 Å². The first-order valence-corrected chi connectivity index (χ1v) is 7.94. The lowest BCUT2D eigenvalue weighted by molar-refractivity contribution is 0.441. The molecule has 0 saturated heterocycles. The van der Waals surface area contributed by atoms with Gasteiger partial charge in [-0.05, 0) is 36.8 Å². The van der Waals surface area contributed by atoms with E-state index in [9.17, 15) is 0 Å². The van der Waals surface area contributed by atoms with E-state index in [4.69, 9.17) is 0 Å². The minimum absolute atomic E-state index is 0.269. The van der Waals surface area contributed by atoms with Crippen molar-refractivity contribution in [1.29, 1.82) is 0 Å². The van der Waals surface area contributed by atoms with Crippen molar-refractivity contribution in [3.05, 3.63) is 53.6 Å². The summed E-state index contributed by atoms with van der Waals surface area (Å²) in [5.41, 5.74) is 2.74. The van der Waals surface area contributed by atoms with Crippen LogP contribution in [0.2, 0.25) is 0 Å². The van der Waals surface area contributed by atoms with E-state index in [1.807, 2.05) is 12.4 Å². The Morgan fingerprint density at radius 1 is 1.14 bits per heavy atom. The molecule has 21 heavy (non-hydrogen) atoms. The van der Waals surface area contributed by atoms with Crippen molar-refractivity contribution in [1.82, 2.24) is 15.3 Å². The fourth-order valence-corrected chi connectivity index (χ4v) is 2.67. The highest BCUT2D eigenvalue weighted by molar-refractivity contribution is 5.25. The molecule has 0 radical (unpaired) electrons. The van der Waals surface area contributed by atoms with Gasteiger partial charge in [-0.2, -0.15) is 0 Å². The molecule has 0 amide bonds. The summed E-state index contributed by atoms with van der Waals surface area (Å²) in [5.74, 6) is 1.72. The molecule has 0 saturated carbocycles. The number of nitrogens with one attached hydrogen (secondary N) is 2. The van der Waals surface area contributed by atoms with Gasteiger partial charge in [0.05, 0.1) is 6.04 Å². The largest absolute Gasteiger partial charge is 0.347 e. The lowest BCUT2D eigenvalue weighted by atomic mass is 9.99. The molecule has 2 unspecified atom stereocenters. The van der Waals surface area contributed by atoms with Gasteiger partial charge in [0.2, 0.25) is 0 Å². The van der Waals surface area contributed by atoms with E-state index in [2.05, 4.69) is 67.2 Å². The number of aromatic nitrogens is 2. The van der Waals surface area contributed by atoms with Crippen LogP contribution in [0.1, 0.15) is 63.2 Å². The lowest BCUT2D eigenvalue weighted by Gasteiger charge is -2.21. The van der Waals surface area contributed by atoms with E-state index >= 15 is 0 Å². The highest BCUT2D eigenvalue weighted by Gasteiger charge is 2.15. The summed E-state index contributed by atoms with van der Waals surface area (Å²) in [6.45, 7) is 8.91. The minimum atomic E-state index is 0.269. The van der Waals surface area contributed by atoms with E-state index in [1.54, 1.807) is 0 Å². The predicted molar refractivity (Wildman–Crippen MR) is 88.2 cm³/mol. The van der Waals surface area contributed by atoms with E-state index < -0.39 is 0 Å². The maximum atomic E-state index is 4.36. The number of benzene rings is 1. The molecule has 2 N–H and O–H groups in total. The van der Waals surface area contributed by atoms with Crippen molar-refractivity contribution >= 4 is 0 Å². The van der Waals surface area contributed by atoms with E-state index in [0.717, 1.165) is 18.7 Å². The van der Waals surface area contributed by atoms with Crippen LogP contribution in [-0.4, -0.2) is 9.97 Å².